The van der Waals surface area contributed by atoms with Crippen molar-refractivity contribution in [3.8, 4) is 0 Å². The minimum absolute atomic E-state index is 0.222. The van der Waals surface area contributed by atoms with Gasteiger partial charge in [-0.05, 0) is 36.4 Å². The first-order chi connectivity index (χ1) is 13.0. The molecule has 0 bridgehead atoms. The number of hydrogen-bond acceptors (Lipinski definition) is 4. The summed E-state index contributed by atoms with van der Waals surface area (Å²) in [7, 11) is 1.81. The summed E-state index contributed by atoms with van der Waals surface area (Å²) in [5.74, 6) is -0.852. The lowest BCUT2D eigenvalue weighted by atomic mass is 10.2. The first-order valence-corrected chi connectivity index (χ1v) is 9.44. The molecule has 4 rings (SSSR count). The van der Waals surface area contributed by atoms with Gasteiger partial charge in [0.25, 0.3) is 5.91 Å². The Morgan fingerprint density at radius 3 is 2.37 bits per heavy atom. The van der Waals surface area contributed by atoms with Crippen molar-refractivity contribution in [1.29, 1.82) is 0 Å². The summed E-state index contributed by atoms with van der Waals surface area (Å²) < 4.78 is 2.73. The van der Waals surface area contributed by atoms with E-state index in [0.29, 0.717) is 21.1 Å². The van der Waals surface area contributed by atoms with Gasteiger partial charge in [0.2, 0.25) is 11.8 Å². The Morgan fingerprint density at radius 2 is 1.74 bits per heavy atom. The van der Waals surface area contributed by atoms with Gasteiger partial charge in [-0.15, -0.1) is 0 Å². The van der Waals surface area contributed by atoms with Gasteiger partial charge in [0, 0.05) is 25.5 Å². The van der Waals surface area contributed by atoms with E-state index in [1.165, 1.54) is 11.3 Å². The number of halogens is 1. The van der Waals surface area contributed by atoms with Gasteiger partial charge in [-0.2, -0.15) is 4.99 Å². The molecule has 1 saturated heterocycles. The fourth-order valence-corrected chi connectivity index (χ4v) is 4.43. The van der Waals surface area contributed by atoms with E-state index in [-0.39, 0.29) is 24.7 Å². The monoisotopic (exact) mass is 399 g/mol. The van der Waals surface area contributed by atoms with Crippen LogP contribution in [0.3, 0.4) is 0 Å². The normalized spacial score (nSPS) is 15.2. The van der Waals surface area contributed by atoms with Crippen molar-refractivity contribution < 1.29 is 14.4 Å². The molecule has 2 heterocycles. The molecule has 0 N–H and O–H groups in total. The minimum Gasteiger partial charge on any atom is -0.318 e. The average Bonchev–Trinajstić information content (AvgIpc) is 3.15. The zero-order valence-electron chi connectivity index (χ0n) is 14.3. The van der Waals surface area contributed by atoms with Crippen LogP contribution in [-0.2, 0) is 16.6 Å². The molecular formula is C19H14ClN3O3S. The Hall–Kier alpha value is -2.77. The Morgan fingerprint density at radius 1 is 1.07 bits per heavy atom. The number of amides is 3. The van der Waals surface area contributed by atoms with E-state index in [2.05, 4.69) is 4.99 Å². The molecular weight excluding hydrogens is 386 g/mol. The highest BCUT2D eigenvalue weighted by Gasteiger charge is 2.30. The number of rotatable bonds is 2. The molecule has 1 aliphatic heterocycles. The number of imide groups is 1. The van der Waals surface area contributed by atoms with Crippen LogP contribution in [0.4, 0.5) is 5.69 Å². The number of aromatic nitrogens is 1. The molecule has 0 aliphatic carbocycles. The molecule has 2 aromatic carbocycles. The summed E-state index contributed by atoms with van der Waals surface area (Å²) in [6, 6.07) is 11.9. The largest absolute Gasteiger partial charge is 0.318 e. The van der Waals surface area contributed by atoms with Crippen molar-refractivity contribution in [2.24, 2.45) is 12.0 Å². The maximum atomic E-state index is 12.5. The molecule has 1 aliphatic rings. The lowest BCUT2D eigenvalue weighted by molar-refractivity contribution is -0.121. The second-order valence-corrected chi connectivity index (χ2v) is 7.53. The summed E-state index contributed by atoms with van der Waals surface area (Å²) >= 11 is 7.61. The van der Waals surface area contributed by atoms with E-state index in [4.69, 9.17) is 11.6 Å². The summed E-state index contributed by atoms with van der Waals surface area (Å²) in [4.78, 5) is 42.0. The van der Waals surface area contributed by atoms with Gasteiger partial charge in [-0.25, -0.2) is 0 Å². The highest BCUT2D eigenvalue weighted by atomic mass is 35.5. The van der Waals surface area contributed by atoms with Crippen molar-refractivity contribution in [2.45, 2.75) is 12.8 Å². The van der Waals surface area contributed by atoms with Crippen LogP contribution < -0.4 is 9.70 Å². The summed E-state index contributed by atoms with van der Waals surface area (Å²) in [6.07, 6.45) is 0.444. The van der Waals surface area contributed by atoms with E-state index in [1.54, 1.807) is 34.9 Å². The number of thiazole rings is 1. The number of carbonyl (C=O) groups is 3. The number of para-hydroxylation sites is 1. The van der Waals surface area contributed by atoms with Gasteiger partial charge in [0.05, 0.1) is 20.9 Å². The van der Waals surface area contributed by atoms with Crippen molar-refractivity contribution in [2.75, 3.05) is 4.90 Å². The third kappa shape index (κ3) is 3.09. The Kier molecular flexibility index (Phi) is 4.41. The maximum absolute atomic E-state index is 12.5. The molecule has 0 saturated carbocycles. The molecule has 3 aromatic rings. The molecule has 0 unspecified atom stereocenters. The predicted octanol–water partition coefficient (Wildman–Crippen LogP) is 3.29. The van der Waals surface area contributed by atoms with Gasteiger partial charge < -0.3 is 4.57 Å². The fourth-order valence-electron chi connectivity index (χ4n) is 3.03. The van der Waals surface area contributed by atoms with Crippen molar-refractivity contribution in [3.05, 3.63) is 57.9 Å². The van der Waals surface area contributed by atoms with Crippen LogP contribution in [0.15, 0.2) is 47.5 Å². The first kappa shape index (κ1) is 17.6. The maximum Gasteiger partial charge on any atom is 0.279 e. The molecule has 8 heteroatoms. The van der Waals surface area contributed by atoms with Crippen LogP contribution in [-0.4, -0.2) is 22.3 Å². The lowest BCUT2D eigenvalue weighted by Gasteiger charge is -2.13. The van der Waals surface area contributed by atoms with E-state index in [9.17, 15) is 14.4 Å². The topological polar surface area (TPSA) is 71.7 Å². The predicted molar refractivity (Wildman–Crippen MR) is 104 cm³/mol. The number of fused-ring (bicyclic) bond motifs is 1. The van der Waals surface area contributed by atoms with Crippen LogP contribution in [0.5, 0.6) is 0 Å². The average molecular weight is 400 g/mol. The second kappa shape index (κ2) is 6.75. The smallest absolute Gasteiger partial charge is 0.279 e. The van der Waals surface area contributed by atoms with Gasteiger partial charge in [0.15, 0.2) is 4.80 Å². The van der Waals surface area contributed by atoms with Crippen molar-refractivity contribution in [1.82, 2.24) is 4.57 Å². The van der Waals surface area contributed by atoms with Gasteiger partial charge >= 0.3 is 0 Å². The van der Waals surface area contributed by atoms with Crippen molar-refractivity contribution >= 4 is 56.6 Å². The van der Waals surface area contributed by atoms with E-state index < -0.39 is 5.91 Å². The highest BCUT2D eigenvalue weighted by Crippen LogP contribution is 2.25. The number of benzene rings is 2. The van der Waals surface area contributed by atoms with E-state index in [1.807, 2.05) is 19.2 Å². The number of aryl methyl sites for hydroxylation is 1. The van der Waals surface area contributed by atoms with Gasteiger partial charge in [-0.3, -0.25) is 19.3 Å². The zero-order valence-corrected chi connectivity index (χ0v) is 15.9. The Balaban J connectivity index is 1.67. The summed E-state index contributed by atoms with van der Waals surface area (Å²) in [6.45, 7) is 0. The third-order valence-electron chi connectivity index (χ3n) is 4.39. The van der Waals surface area contributed by atoms with Crippen LogP contribution >= 0.6 is 22.9 Å². The molecule has 136 valence electrons. The Labute approximate surface area is 163 Å². The second-order valence-electron chi connectivity index (χ2n) is 6.12. The zero-order chi connectivity index (χ0) is 19.1. The van der Waals surface area contributed by atoms with Crippen molar-refractivity contribution in [3.63, 3.8) is 0 Å². The molecule has 0 radical (unpaired) electrons. The molecule has 1 aromatic heterocycles. The number of anilines is 1. The quantitative estimate of drug-likeness (QED) is 0.621. The fraction of sp³-hybridized carbons (Fsp3) is 0.158. The SMILES string of the molecule is Cn1c(=NC(=O)c2ccc(N3C(=O)CCC3=O)cc2)sc2cccc(Cl)c21. The van der Waals surface area contributed by atoms with Gasteiger partial charge in [-0.1, -0.05) is 29.0 Å². The van der Waals surface area contributed by atoms with Crippen LogP contribution in [0.1, 0.15) is 23.2 Å². The molecule has 27 heavy (non-hydrogen) atoms. The van der Waals surface area contributed by atoms with Crippen LogP contribution in [0.2, 0.25) is 5.02 Å². The molecule has 0 spiro atoms. The lowest BCUT2D eigenvalue weighted by Crippen LogP contribution is -2.28. The third-order valence-corrected chi connectivity index (χ3v) is 5.80. The Bertz CT molecular complexity index is 1150. The van der Waals surface area contributed by atoms with Gasteiger partial charge in [0.1, 0.15) is 0 Å². The summed E-state index contributed by atoms with van der Waals surface area (Å²) in [5.41, 5.74) is 1.68. The molecule has 3 amide bonds. The van der Waals surface area contributed by atoms with E-state index in [0.717, 1.165) is 15.1 Å². The molecule has 6 nitrogen and oxygen atoms in total. The number of carbonyl (C=O) groups excluding carboxylic acids is 3. The number of hydrogen-bond donors (Lipinski definition) is 0. The highest BCUT2D eigenvalue weighted by molar-refractivity contribution is 7.16. The molecule has 1 fully saturated rings. The standard InChI is InChI=1S/C19H14ClN3O3S/c1-22-17-13(20)3-2-4-14(17)27-19(22)21-18(26)11-5-7-12(8-6-11)23-15(24)9-10-16(23)25/h2-8H,9-10H2,1H3. The van der Waals surface area contributed by atoms with E-state index >= 15 is 0 Å². The van der Waals surface area contributed by atoms with Crippen LogP contribution in [0.25, 0.3) is 10.2 Å². The molecule has 0 atom stereocenters. The van der Waals surface area contributed by atoms with Crippen LogP contribution in [0, 0.1) is 0 Å². The minimum atomic E-state index is -0.404. The first-order valence-electron chi connectivity index (χ1n) is 8.24. The number of nitrogens with zero attached hydrogens (tertiary/aromatic N) is 3. The summed E-state index contributed by atoms with van der Waals surface area (Å²) in [5, 5.41) is 0.601.